The highest BCUT2D eigenvalue weighted by Crippen LogP contribution is 2.24. The molecule has 0 bridgehead atoms. The molecule has 0 spiro atoms. The monoisotopic (exact) mass is 629 g/mol. The quantitative estimate of drug-likeness (QED) is 0.0751. The van der Waals surface area contributed by atoms with E-state index < -0.39 is 0 Å². The molecule has 0 radical (unpaired) electrons. The van der Waals surface area contributed by atoms with Crippen molar-refractivity contribution < 1.29 is 9.53 Å². The fraction of sp³-hybridized carbons (Fsp3) is 0.972. The van der Waals surface area contributed by atoms with Gasteiger partial charge < -0.3 is 10.1 Å². The van der Waals surface area contributed by atoms with Gasteiger partial charge in [-0.2, -0.15) is 23.5 Å². The Labute approximate surface area is 271 Å². The number of amides is 1. The molecule has 4 nitrogen and oxygen atoms in total. The van der Waals surface area contributed by atoms with Gasteiger partial charge in [0.25, 0.3) is 0 Å². The first-order valence-corrected chi connectivity index (χ1v) is 20.7. The predicted octanol–water partition coefficient (Wildman–Crippen LogP) is 10.3. The van der Waals surface area contributed by atoms with Crippen LogP contribution >= 0.6 is 23.5 Å². The van der Waals surface area contributed by atoms with E-state index in [0.717, 1.165) is 45.8 Å². The van der Waals surface area contributed by atoms with Crippen LogP contribution in [-0.4, -0.2) is 72.7 Å². The Morgan fingerprint density at radius 3 is 1.74 bits per heavy atom. The van der Waals surface area contributed by atoms with Crippen molar-refractivity contribution in [3.8, 4) is 0 Å². The first kappa shape index (κ1) is 40.1. The SMILES string of the molecule is CCCCCCCCCCCCSCC(CCCC(=O)NCCN1CCOCC1)SCCCCCCCCCCCC. The Kier molecular flexibility index (Phi) is 31.0. The zero-order chi connectivity index (χ0) is 30.2. The van der Waals surface area contributed by atoms with Gasteiger partial charge in [-0.15, -0.1) is 0 Å². The van der Waals surface area contributed by atoms with Crippen LogP contribution in [0, 0.1) is 0 Å². The van der Waals surface area contributed by atoms with Crippen molar-refractivity contribution in [1.29, 1.82) is 0 Å². The van der Waals surface area contributed by atoms with Crippen molar-refractivity contribution in [2.45, 2.75) is 167 Å². The summed E-state index contributed by atoms with van der Waals surface area (Å²) in [6, 6.07) is 0. The lowest BCUT2D eigenvalue weighted by atomic mass is 10.1. The summed E-state index contributed by atoms with van der Waals surface area (Å²) in [5.41, 5.74) is 0. The molecule has 1 rings (SSSR count). The Balaban J connectivity index is 2.14. The van der Waals surface area contributed by atoms with Crippen LogP contribution < -0.4 is 5.32 Å². The van der Waals surface area contributed by atoms with E-state index in [9.17, 15) is 4.79 Å². The van der Waals surface area contributed by atoms with Gasteiger partial charge in [0.05, 0.1) is 13.2 Å². The van der Waals surface area contributed by atoms with Gasteiger partial charge in [-0.3, -0.25) is 9.69 Å². The number of carbonyl (C=O) groups is 1. The van der Waals surface area contributed by atoms with Gasteiger partial charge in [0.1, 0.15) is 0 Å². The standard InChI is InChI=1S/C36H72N2O2S2/c1-3-5-7-9-11-13-15-17-19-21-32-41-34-35(42-33-22-20-18-16-14-12-10-8-6-4-2)24-23-25-36(39)37-26-27-38-28-30-40-31-29-38/h35H,3-34H2,1-2H3,(H,37,39). The minimum Gasteiger partial charge on any atom is -0.379 e. The molecule has 1 atom stereocenters. The fourth-order valence-corrected chi connectivity index (χ4v) is 8.43. The van der Waals surface area contributed by atoms with Crippen molar-refractivity contribution in [3.63, 3.8) is 0 Å². The van der Waals surface area contributed by atoms with Crippen molar-refractivity contribution >= 4 is 29.4 Å². The lowest BCUT2D eigenvalue weighted by molar-refractivity contribution is -0.121. The van der Waals surface area contributed by atoms with Crippen LogP contribution in [0.1, 0.15) is 162 Å². The van der Waals surface area contributed by atoms with Crippen LogP contribution in [0.15, 0.2) is 0 Å². The number of nitrogens with one attached hydrogen (secondary N) is 1. The molecule has 1 amide bonds. The number of ether oxygens (including phenoxy) is 1. The third-order valence-electron chi connectivity index (χ3n) is 8.58. The summed E-state index contributed by atoms with van der Waals surface area (Å²) in [5.74, 6) is 4.11. The van der Waals surface area contributed by atoms with Gasteiger partial charge >= 0.3 is 0 Å². The summed E-state index contributed by atoms with van der Waals surface area (Å²) in [5, 5.41) is 3.86. The van der Waals surface area contributed by atoms with Crippen LogP contribution in [0.2, 0.25) is 0 Å². The van der Waals surface area contributed by atoms with Gasteiger partial charge in [0.2, 0.25) is 5.91 Å². The molecule has 1 N–H and O–H groups in total. The van der Waals surface area contributed by atoms with Crippen molar-refractivity contribution in [1.82, 2.24) is 10.2 Å². The molecule has 0 aliphatic carbocycles. The van der Waals surface area contributed by atoms with E-state index >= 15 is 0 Å². The topological polar surface area (TPSA) is 41.6 Å². The highest BCUT2D eigenvalue weighted by molar-refractivity contribution is 8.03. The number of carbonyl (C=O) groups excluding carboxylic acids is 1. The maximum atomic E-state index is 12.4. The molecular weight excluding hydrogens is 557 g/mol. The fourth-order valence-electron chi connectivity index (χ4n) is 5.72. The molecule has 250 valence electrons. The molecule has 42 heavy (non-hydrogen) atoms. The average Bonchev–Trinajstić information content (AvgIpc) is 3.00. The summed E-state index contributed by atoms with van der Waals surface area (Å²) < 4.78 is 5.42. The maximum absolute atomic E-state index is 12.4. The number of unbranched alkanes of at least 4 members (excludes halogenated alkanes) is 18. The zero-order valence-corrected chi connectivity index (χ0v) is 29.9. The van der Waals surface area contributed by atoms with E-state index in [1.54, 1.807) is 0 Å². The molecule has 1 fully saturated rings. The van der Waals surface area contributed by atoms with E-state index in [0.29, 0.717) is 11.7 Å². The molecule has 0 aromatic carbocycles. The largest absolute Gasteiger partial charge is 0.379 e. The van der Waals surface area contributed by atoms with E-state index in [4.69, 9.17) is 4.74 Å². The van der Waals surface area contributed by atoms with Crippen LogP contribution in [0.3, 0.4) is 0 Å². The third kappa shape index (κ3) is 27.6. The normalized spacial score (nSPS) is 14.8. The number of nitrogens with zero attached hydrogens (tertiary/aromatic N) is 1. The Bertz CT molecular complexity index is 561. The van der Waals surface area contributed by atoms with Crippen molar-refractivity contribution in [2.24, 2.45) is 0 Å². The van der Waals surface area contributed by atoms with Crippen LogP contribution in [0.25, 0.3) is 0 Å². The second-order valence-electron chi connectivity index (χ2n) is 12.6. The van der Waals surface area contributed by atoms with E-state index in [-0.39, 0.29) is 5.91 Å². The van der Waals surface area contributed by atoms with Crippen LogP contribution in [0.5, 0.6) is 0 Å². The molecule has 1 saturated heterocycles. The number of hydrogen-bond acceptors (Lipinski definition) is 5. The molecule has 0 aromatic heterocycles. The van der Waals surface area contributed by atoms with Gasteiger partial charge in [0.15, 0.2) is 0 Å². The van der Waals surface area contributed by atoms with Gasteiger partial charge in [-0.25, -0.2) is 0 Å². The highest BCUT2D eigenvalue weighted by atomic mass is 32.2. The summed E-state index contributed by atoms with van der Waals surface area (Å²) in [4.78, 5) is 14.8. The Morgan fingerprint density at radius 1 is 0.690 bits per heavy atom. The average molecular weight is 629 g/mol. The number of thioether (sulfide) groups is 2. The molecule has 1 unspecified atom stereocenters. The first-order valence-electron chi connectivity index (χ1n) is 18.5. The Hall–Kier alpha value is 0.0900. The minimum absolute atomic E-state index is 0.236. The molecule has 1 aliphatic rings. The van der Waals surface area contributed by atoms with E-state index in [2.05, 4.69) is 47.6 Å². The summed E-state index contributed by atoms with van der Waals surface area (Å²) in [6.07, 6.45) is 31.2. The maximum Gasteiger partial charge on any atom is 0.220 e. The lowest BCUT2D eigenvalue weighted by Gasteiger charge is -2.26. The highest BCUT2D eigenvalue weighted by Gasteiger charge is 2.13. The first-order chi connectivity index (χ1) is 20.8. The molecular formula is C36H72N2O2S2. The molecule has 0 aromatic rings. The van der Waals surface area contributed by atoms with Gasteiger partial charge in [-0.1, -0.05) is 129 Å². The van der Waals surface area contributed by atoms with Crippen molar-refractivity contribution in [3.05, 3.63) is 0 Å². The van der Waals surface area contributed by atoms with Crippen LogP contribution in [0.4, 0.5) is 0 Å². The van der Waals surface area contributed by atoms with E-state index in [1.807, 2.05) is 0 Å². The predicted molar refractivity (Wildman–Crippen MR) is 191 cm³/mol. The van der Waals surface area contributed by atoms with Gasteiger partial charge in [0, 0.05) is 43.6 Å². The zero-order valence-electron chi connectivity index (χ0n) is 28.3. The van der Waals surface area contributed by atoms with E-state index in [1.165, 1.54) is 152 Å². The molecule has 1 aliphatic heterocycles. The Morgan fingerprint density at radius 2 is 1.19 bits per heavy atom. The number of rotatable bonds is 32. The number of morpholine rings is 1. The third-order valence-corrected chi connectivity index (χ3v) is 11.4. The lowest BCUT2D eigenvalue weighted by Crippen LogP contribution is -2.41. The number of hydrogen-bond donors (Lipinski definition) is 1. The van der Waals surface area contributed by atoms with Crippen molar-refractivity contribution in [2.75, 3.05) is 56.7 Å². The summed E-state index contributed by atoms with van der Waals surface area (Å²) in [6.45, 7) is 9.94. The second-order valence-corrected chi connectivity index (χ2v) is 15.2. The minimum atomic E-state index is 0.236. The molecule has 1 heterocycles. The molecule has 6 heteroatoms. The van der Waals surface area contributed by atoms with Crippen LogP contribution in [-0.2, 0) is 9.53 Å². The summed E-state index contributed by atoms with van der Waals surface area (Å²) >= 11 is 4.37. The molecule has 0 saturated carbocycles. The summed E-state index contributed by atoms with van der Waals surface area (Å²) in [7, 11) is 0. The second kappa shape index (κ2) is 32.5. The smallest absolute Gasteiger partial charge is 0.220 e. The van der Waals surface area contributed by atoms with Gasteiger partial charge in [-0.05, 0) is 37.2 Å².